The molecule has 4 heteroatoms. The van der Waals surface area contributed by atoms with Gasteiger partial charge in [0.2, 0.25) is 0 Å². The van der Waals surface area contributed by atoms with Crippen LogP contribution in [0.1, 0.15) is 30.4 Å². The van der Waals surface area contributed by atoms with Crippen LogP contribution in [0, 0.1) is 6.92 Å². The highest BCUT2D eigenvalue weighted by atomic mass is 79.9. The van der Waals surface area contributed by atoms with Gasteiger partial charge >= 0.3 is 5.97 Å². The number of ether oxygens (including phenoxy) is 1. The Balaban J connectivity index is 2.42. The molecule has 0 bridgehead atoms. The van der Waals surface area contributed by atoms with Gasteiger partial charge in [-0.05, 0) is 59.0 Å². The van der Waals surface area contributed by atoms with Crippen LogP contribution in [-0.2, 0) is 10.2 Å². The summed E-state index contributed by atoms with van der Waals surface area (Å²) in [5.41, 5.74) is 2.07. The molecule has 0 unspecified atom stereocenters. The van der Waals surface area contributed by atoms with Gasteiger partial charge in [-0.2, -0.15) is 0 Å². The van der Waals surface area contributed by atoms with Crippen molar-refractivity contribution in [3.05, 3.63) is 27.7 Å². The number of methoxy groups -OCH3 is 1. The molecule has 0 saturated heterocycles. The Morgan fingerprint density at radius 1 is 1.53 bits per heavy atom. The number of aliphatic carboxylic acids is 1. The van der Waals surface area contributed by atoms with Gasteiger partial charge in [0, 0.05) is 5.41 Å². The summed E-state index contributed by atoms with van der Waals surface area (Å²) in [4.78, 5) is 10.9. The van der Waals surface area contributed by atoms with E-state index in [2.05, 4.69) is 15.9 Å². The molecule has 1 fully saturated rings. The number of halogens is 1. The van der Waals surface area contributed by atoms with E-state index in [1.54, 1.807) is 7.11 Å². The Bertz CT molecular complexity index is 464. The number of hydrogen-bond donors (Lipinski definition) is 1. The highest BCUT2D eigenvalue weighted by Gasteiger charge is 2.47. The standard InChI is InChI=1S/C13H15BrO3/c1-8-5-10(14)11(17-2)6-9(8)13(3-4-13)7-12(15)16/h5-6H,3-4,7H2,1-2H3,(H,15,16). The van der Waals surface area contributed by atoms with Gasteiger partial charge in [0.1, 0.15) is 5.75 Å². The smallest absolute Gasteiger partial charge is 0.304 e. The molecule has 92 valence electrons. The van der Waals surface area contributed by atoms with Gasteiger partial charge in [-0.3, -0.25) is 4.79 Å². The first-order chi connectivity index (χ1) is 7.98. The third kappa shape index (κ3) is 2.32. The quantitative estimate of drug-likeness (QED) is 0.928. The summed E-state index contributed by atoms with van der Waals surface area (Å²) in [6, 6.07) is 3.96. The molecular formula is C13H15BrO3. The fourth-order valence-corrected chi connectivity index (χ4v) is 2.98. The van der Waals surface area contributed by atoms with E-state index in [9.17, 15) is 4.79 Å². The van der Waals surface area contributed by atoms with Crippen molar-refractivity contribution in [1.82, 2.24) is 0 Å². The number of carboxylic acids is 1. The van der Waals surface area contributed by atoms with E-state index in [0.717, 1.165) is 34.2 Å². The van der Waals surface area contributed by atoms with Crippen molar-refractivity contribution in [2.75, 3.05) is 7.11 Å². The van der Waals surface area contributed by atoms with Crippen LogP contribution in [0.15, 0.2) is 16.6 Å². The minimum absolute atomic E-state index is 0.163. The molecule has 3 nitrogen and oxygen atoms in total. The summed E-state index contributed by atoms with van der Waals surface area (Å²) in [7, 11) is 1.62. The van der Waals surface area contributed by atoms with Crippen LogP contribution < -0.4 is 4.74 Å². The van der Waals surface area contributed by atoms with Crippen LogP contribution in [0.4, 0.5) is 0 Å². The normalized spacial score (nSPS) is 16.6. The average molecular weight is 299 g/mol. The number of benzene rings is 1. The van der Waals surface area contributed by atoms with E-state index in [4.69, 9.17) is 9.84 Å². The first-order valence-corrected chi connectivity index (χ1v) is 6.34. The molecule has 1 N–H and O–H groups in total. The van der Waals surface area contributed by atoms with Crippen LogP contribution in [-0.4, -0.2) is 18.2 Å². The first kappa shape index (κ1) is 12.4. The number of carboxylic acid groups (broad SMARTS) is 1. The van der Waals surface area contributed by atoms with Crippen LogP contribution in [0.3, 0.4) is 0 Å². The van der Waals surface area contributed by atoms with Crippen molar-refractivity contribution in [3.63, 3.8) is 0 Å². The fourth-order valence-electron chi connectivity index (χ4n) is 2.36. The number of carbonyl (C=O) groups is 1. The van der Waals surface area contributed by atoms with Crippen LogP contribution >= 0.6 is 15.9 Å². The van der Waals surface area contributed by atoms with E-state index < -0.39 is 5.97 Å². The average Bonchev–Trinajstić information content (AvgIpc) is 2.97. The molecule has 1 aromatic carbocycles. The zero-order chi connectivity index (χ0) is 12.6. The van der Waals surface area contributed by atoms with Gasteiger partial charge in [-0.15, -0.1) is 0 Å². The van der Waals surface area contributed by atoms with E-state index in [-0.39, 0.29) is 11.8 Å². The Labute approximate surface area is 109 Å². The molecule has 0 heterocycles. The SMILES string of the molecule is COc1cc(C2(CC(=O)O)CC2)c(C)cc1Br. The van der Waals surface area contributed by atoms with Crippen LogP contribution in [0.2, 0.25) is 0 Å². The predicted octanol–water partition coefficient (Wildman–Crippen LogP) is 3.27. The number of aryl methyl sites for hydroxylation is 1. The number of hydrogen-bond acceptors (Lipinski definition) is 2. The lowest BCUT2D eigenvalue weighted by Crippen LogP contribution is -2.14. The Morgan fingerprint density at radius 2 is 2.18 bits per heavy atom. The maximum Gasteiger partial charge on any atom is 0.304 e. The lowest BCUT2D eigenvalue weighted by Gasteiger charge is -2.18. The molecular weight excluding hydrogens is 284 g/mol. The van der Waals surface area contributed by atoms with Crippen molar-refractivity contribution in [1.29, 1.82) is 0 Å². The topological polar surface area (TPSA) is 46.5 Å². The predicted molar refractivity (Wildman–Crippen MR) is 68.6 cm³/mol. The lowest BCUT2D eigenvalue weighted by molar-refractivity contribution is -0.137. The van der Waals surface area contributed by atoms with Gasteiger partial charge in [-0.1, -0.05) is 0 Å². The lowest BCUT2D eigenvalue weighted by atomic mass is 9.89. The molecule has 0 aromatic heterocycles. The zero-order valence-corrected chi connectivity index (χ0v) is 11.5. The molecule has 0 radical (unpaired) electrons. The van der Waals surface area contributed by atoms with Gasteiger partial charge in [0.05, 0.1) is 18.0 Å². The maximum atomic E-state index is 10.9. The maximum absolute atomic E-state index is 10.9. The minimum atomic E-state index is -0.733. The minimum Gasteiger partial charge on any atom is -0.496 e. The van der Waals surface area contributed by atoms with E-state index in [1.165, 1.54) is 0 Å². The summed E-state index contributed by atoms with van der Waals surface area (Å²) in [6.07, 6.45) is 2.11. The third-order valence-corrected chi connectivity index (χ3v) is 4.03. The molecule has 0 atom stereocenters. The first-order valence-electron chi connectivity index (χ1n) is 5.55. The second kappa shape index (κ2) is 4.33. The molecule has 17 heavy (non-hydrogen) atoms. The van der Waals surface area contributed by atoms with E-state index >= 15 is 0 Å². The van der Waals surface area contributed by atoms with Gasteiger partial charge < -0.3 is 9.84 Å². The monoisotopic (exact) mass is 298 g/mol. The summed E-state index contributed by atoms with van der Waals surface area (Å²) in [5.74, 6) is 0.0334. The van der Waals surface area contributed by atoms with E-state index in [0.29, 0.717) is 0 Å². The highest BCUT2D eigenvalue weighted by Crippen LogP contribution is 2.53. The molecule has 2 rings (SSSR count). The second-order valence-corrected chi connectivity index (χ2v) is 5.51. The van der Waals surface area contributed by atoms with Crippen molar-refractivity contribution < 1.29 is 14.6 Å². The second-order valence-electron chi connectivity index (χ2n) is 4.65. The zero-order valence-electron chi connectivity index (χ0n) is 9.92. The molecule has 1 aromatic rings. The Morgan fingerprint density at radius 3 is 2.65 bits per heavy atom. The number of rotatable bonds is 4. The van der Waals surface area contributed by atoms with E-state index in [1.807, 2.05) is 19.1 Å². The summed E-state index contributed by atoms with van der Waals surface area (Å²) in [5, 5.41) is 8.98. The van der Waals surface area contributed by atoms with Gasteiger partial charge in [-0.25, -0.2) is 0 Å². The molecule has 1 aliphatic rings. The van der Waals surface area contributed by atoms with Crippen molar-refractivity contribution in [3.8, 4) is 5.75 Å². The Kier molecular flexibility index (Phi) is 3.17. The fraction of sp³-hybridized carbons (Fsp3) is 0.462. The molecule has 1 aliphatic carbocycles. The van der Waals surface area contributed by atoms with Crippen molar-refractivity contribution >= 4 is 21.9 Å². The molecule has 0 amide bonds. The summed E-state index contributed by atoms with van der Waals surface area (Å²) < 4.78 is 6.18. The molecule has 1 saturated carbocycles. The summed E-state index contributed by atoms with van der Waals surface area (Å²) >= 11 is 3.44. The van der Waals surface area contributed by atoms with Gasteiger partial charge in [0.25, 0.3) is 0 Å². The van der Waals surface area contributed by atoms with Crippen LogP contribution in [0.5, 0.6) is 5.75 Å². The largest absolute Gasteiger partial charge is 0.496 e. The molecule has 0 aliphatic heterocycles. The Hall–Kier alpha value is -1.03. The third-order valence-electron chi connectivity index (χ3n) is 3.41. The van der Waals surface area contributed by atoms with Crippen LogP contribution in [0.25, 0.3) is 0 Å². The highest BCUT2D eigenvalue weighted by molar-refractivity contribution is 9.10. The van der Waals surface area contributed by atoms with Crippen molar-refractivity contribution in [2.24, 2.45) is 0 Å². The summed E-state index contributed by atoms with van der Waals surface area (Å²) in [6.45, 7) is 2.02. The molecule has 0 spiro atoms. The van der Waals surface area contributed by atoms with Crippen molar-refractivity contribution in [2.45, 2.75) is 31.6 Å². The van der Waals surface area contributed by atoms with Gasteiger partial charge in [0.15, 0.2) is 0 Å².